The normalized spacial score (nSPS) is 14.7. The van der Waals surface area contributed by atoms with Gasteiger partial charge in [0.2, 0.25) is 0 Å². The van der Waals surface area contributed by atoms with Crippen molar-refractivity contribution in [2.24, 2.45) is 0 Å². The number of rotatable bonds is 3. The van der Waals surface area contributed by atoms with Crippen LogP contribution in [0.3, 0.4) is 0 Å². The molecule has 0 fully saturated rings. The zero-order valence-corrected chi connectivity index (χ0v) is 22.3. The molecule has 6 aromatic carbocycles. The van der Waals surface area contributed by atoms with Gasteiger partial charge < -0.3 is 5.32 Å². The van der Waals surface area contributed by atoms with Gasteiger partial charge in [-0.3, -0.25) is 0 Å². The molecule has 0 saturated carbocycles. The smallest absolute Gasteiger partial charge is 0.0471 e. The number of anilines is 2. The van der Waals surface area contributed by atoms with Crippen LogP contribution in [-0.4, -0.2) is 0 Å². The first-order valence-corrected chi connectivity index (χ1v) is 14.5. The summed E-state index contributed by atoms with van der Waals surface area (Å²) in [6.45, 7) is 0. The molecule has 1 atom stereocenters. The summed E-state index contributed by atoms with van der Waals surface area (Å²) in [4.78, 5) is 0. The van der Waals surface area contributed by atoms with Crippen LogP contribution in [0.4, 0.5) is 11.4 Å². The maximum absolute atomic E-state index is 3.84. The average molecular weight is 518 g/mol. The number of fused-ring (bicyclic) bond motifs is 8. The summed E-state index contributed by atoms with van der Waals surface area (Å²) in [5.74, 6) is 0.407. The van der Waals surface area contributed by atoms with Gasteiger partial charge in [0.15, 0.2) is 0 Å². The van der Waals surface area contributed by atoms with Crippen LogP contribution in [0, 0.1) is 0 Å². The fraction of sp³-hybridized carbons (Fsp3) is 0.0811. The summed E-state index contributed by atoms with van der Waals surface area (Å²) in [7, 11) is 0. The van der Waals surface area contributed by atoms with Gasteiger partial charge in [0.25, 0.3) is 0 Å². The maximum Gasteiger partial charge on any atom is 0.0471 e. The number of thiophene rings is 1. The van der Waals surface area contributed by atoms with Gasteiger partial charge >= 0.3 is 0 Å². The number of hydrogen-bond acceptors (Lipinski definition) is 2. The van der Waals surface area contributed by atoms with Gasteiger partial charge in [0.05, 0.1) is 0 Å². The lowest BCUT2D eigenvalue weighted by Gasteiger charge is -2.18. The molecule has 186 valence electrons. The van der Waals surface area contributed by atoms with E-state index in [1.165, 1.54) is 58.8 Å². The minimum absolute atomic E-state index is 0.407. The molecule has 0 radical (unpaired) electrons. The van der Waals surface area contributed by atoms with Crippen molar-refractivity contribution in [3.05, 3.63) is 144 Å². The number of hydrogen-bond donors (Lipinski definition) is 1. The summed E-state index contributed by atoms with van der Waals surface area (Å²) < 4.78 is 2.70. The van der Waals surface area contributed by atoms with E-state index in [0.29, 0.717) is 5.92 Å². The summed E-state index contributed by atoms with van der Waals surface area (Å²) in [5, 5.41) is 9.06. The molecule has 0 amide bonds. The standard InChI is InChI=1S/C37H27NS/c1-2-10-24(11-3-1)27-21-19-25-18-20-26(22-33(25)29-13-5-4-12-28(27)29)38-35-23-34-31-15-8-9-17-36(31)39-37(34)32-16-7-6-14-30(32)35/h1-18,20,22-23,27,38H,19,21H2. The van der Waals surface area contributed by atoms with Crippen molar-refractivity contribution in [2.75, 3.05) is 5.32 Å². The molecule has 1 aromatic heterocycles. The van der Waals surface area contributed by atoms with Crippen molar-refractivity contribution in [3.63, 3.8) is 0 Å². The summed E-state index contributed by atoms with van der Waals surface area (Å²) in [5.41, 5.74) is 9.24. The minimum atomic E-state index is 0.407. The molecule has 1 nitrogen and oxygen atoms in total. The van der Waals surface area contributed by atoms with Crippen molar-refractivity contribution in [3.8, 4) is 11.1 Å². The van der Waals surface area contributed by atoms with E-state index in [-0.39, 0.29) is 0 Å². The molecule has 2 heteroatoms. The first kappa shape index (κ1) is 22.6. The highest BCUT2D eigenvalue weighted by atomic mass is 32.1. The topological polar surface area (TPSA) is 12.0 Å². The second-order valence-electron chi connectivity index (χ2n) is 10.5. The first-order valence-electron chi connectivity index (χ1n) is 13.7. The predicted octanol–water partition coefficient (Wildman–Crippen LogP) is 10.7. The Kier molecular flexibility index (Phi) is 5.27. The van der Waals surface area contributed by atoms with E-state index >= 15 is 0 Å². The summed E-state index contributed by atoms with van der Waals surface area (Å²) in [6, 6.07) is 46.8. The Morgan fingerprint density at radius 3 is 2.23 bits per heavy atom. The van der Waals surface area contributed by atoms with Crippen LogP contribution in [0.1, 0.15) is 29.0 Å². The highest BCUT2D eigenvalue weighted by Crippen LogP contribution is 2.44. The zero-order valence-electron chi connectivity index (χ0n) is 21.5. The predicted molar refractivity (Wildman–Crippen MR) is 169 cm³/mol. The van der Waals surface area contributed by atoms with E-state index in [1.807, 2.05) is 11.3 Å². The fourth-order valence-corrected chi connectivity index (χ4v) is 7.68. The maximum atomic E-state index is 3.84. The highest BCUT2D eigenvalue weighted by Gasteiger charge is 2.23. The van der Waals surface area contributed by atoms with Crippen molar-refractivity contribution in [2.45, 2.75) is 18.8 Å². The van der Waals surface area contributed by atoms with Crippen LogP contribution in [0.5, 0.6) is 0 Å². The van der Waals surface area contributed by atoms with Crippen molar-refractivity contribution < 1.29 is 0 Å². The molecule has 1 N–H and O–H groups in total. The van der Waals surface area contributed by atoms with Crippen LogP contribution in [0.15, 0.2) is 127 Å². The summed E-state index contributed by atoms with van der Waals surface area (Å²) >= 11 is 1.89. The highest BCUT2D eigenvalue weighted by molar-refractivity contribution is 7.26. The third-order valence-electron chi connectivity index (χ3n) is 8.30. The van der Waals surface area contributed by atoms with Crippen molar-refractivity contribution >= 4 is 53.7 Å². The Morgan fingerprint density at radius 2 is 1.33 bits per heavy atom. The van der Waals surface area contributed by atoms with Crippen LogP contribution in [0.2, 0.25) is 0 Å². The largest absolute Gasteiger partial charge is 0.355 e. The van der Waals surface area contributed by atoms with Crippen LogP contribution in [0.25, 0.3) is 42.1 Å². The van der Waals surface area contributed by atoms with E-state index in [2.05, 4.69) is 133 Å². The van der Waals surface area contributed by atoms with Gasteiger partial charge in [0.1, 0.15) is 0 Å². The van der Waals surface area contributed by atoms with Gasteiger partial charge in [-0.25, -0.2) is 0 Å². The fourth-order valence-electron chi connectivity index (χ4n) is 6.46. The van der Waals surface area contributed by atoms with Gasteiger partial charge in [-0.15, -0.1) is 11.3 Å². The molecule has 7 aromatic rings. The molecule has 1 aliphatic carbocycles. The SMILES string of the molecule is c1ccc(C2CCc3ccc(Nc4cc5c6ccccc6sc5c5ccccc45)cc3-c3ccccc32)cc1. The molecule has 0 aliphatic heterocycles. The molecule has 0 bridgehead atoms. The Balaban J connectivity index is 1.26. The zero-order chi connectivity index (χ0) is 25.8. The molecule has 0 spiro atoms. The number of aryl methyl sites for hydroxylation is 1. The van der Waals surface area contributed by atoms with Gasteiger partial charge in [-0.1, -0.05) is 103 Å². The van der Waals surface area contributed by atoms with E-state index < -0.39 is 0 Å². The van der Waals surface area contributed by atoms with Crippen molar-refractivity contribution in [1.29, 1.82) is 0 Å². The van der Waals surface area contributed by atoms with Gasteiger partial charge in [0, 0.05) is 48.2 Å². The molecule has 1 aliphatic rings. The quantitative estimate of drug-likeness (QED) is 0.246. The Labute approximate surface area is 232 Å². The molecule has 8 rings (SSSR count). The van der Waals surface area contributed by atoms with Gasteiger partial charge in [-0.2, -0.15) is 0 Å². The molecule has 0 saturated heterocycles. The second-order valence-corrected chi connectivity index (χ2v) is 11.6. The number of nitrogens with one attached hydrogen (secondary N) is 1. The average Bonchev–Trinajstić information content (AvgIpc) is 3.29. The van der Waals surface area contributed by atoms with Crippen LogP contribution < -0.4 is 5.32 Å². The first-order chi connectivity index (χ1) is 19.3. The number of benzene rings is 6. The monoisotopic (exact) mass is 517 g/mol. The molecule has 1 heterocycles. The lowest BCUT2D eigenvalue weighted by atomic mass is 9.86. The molecule has 1 unspecified atom stereocenters. The Bertz CT molecular complexity index is 2000. The van der Waals surface area contributed by atoms with Crippen LogP contribution >= 0.6 is 11.3 Å². The lowest BCUT2D eigenvalue weighted by molar-refractivity contribution is 0.726. The van der Waals surface area contributed by atoms with Gasteiger partial charge in [-0.05, 0) is 64.9 Å². The third-order valence-corrected chi connectivity index (χ3v) is 9.52. The van der Waals surface area contributed by atoms with E-state index in [0.717, 1.165) is 24.2 Å². The Hall–Kier alpha value is -4.40. The van der Waals surface area contributed by atoms with E-state index in [9.17, 15) is 0 Å². The van der Waals surface area contributed by atoms with E-state index in [1.54, 1.807) is 0 Å². The lowest BCUT2D eigenvalue weighted by Crippen LogP contribution is -2.01. The third kappa shape index (κ3) is 3.75. The summed E-state index contributed by atoms with van der Waals surface area (Å²) in [6.07, 6.45) is 2.19. The van der Waals surface area contributed by atoms with E-state index in [4.69, 9.17) is 0 Å². The molecule has 39 heavy (non-hydrogen) atoms. The van der Waals surface area contributed by atoms with Crippen LogP contribution in [-0.2, 0) is 6.42 Å². The molecular weight excluding hydrogens is 490 g/mol. The molecular formula is C37H27NS. The van der Waals surface area contributed by atoms with Crippen molar-refractivity contribution in [1.82, 2.24) is 0 Å². The second kappa shape index (κ2) is 9.11. The Morgan fingerprint density at radius 1 is 0.590 bits per heavy atom. The minimum Gasteiger partial charge on any atom is -0.355 e.